The van der Waals surface area contributed by atoms with Crippen LogP contribution in [-0.4, -0.2) is 37.0 Å². The Labute approximate surface area is 189 Å². The molecule has 0 aliphatic heterocycles. The lowest BCUT2D eigenvalue weighted by Gasteiger charge is -2.15. The van der Waals surface area contributed by atoms with Crippen molar-refractivity contribution >= 4 is 35.1 Å². The van der Waals surface area contributed by atoms with Gasteiger partial charge < -0.3 is 10.1 Å². The fraction of sp³-hybridized carbons (Fsp3) is 0.333. The van der Waals surface area contributed by atoms with Gasteiger partial charge in [0.25, 0.3) is 0 Å². The lowest BCUT2D eigenvalue weighted by Crippen LogP contribution is -2.18. The van der Waals surface area contributed by atoms with E-state index >= 15 is 0 Å². The quantitative estimate of drug-likeness (QED) is 0.541. The normalized spacial score (nSPS) is 18.0. The second-order valence-electron chi connectivity index (χ2n) is 7.71. The van der Waals surface area contributed by atoms with Crippen molar-refractivity contribution in [1.82, 2.24) is 25.0 Å². The molecule has 3 aromatic rings. The van der Waals surface area contributed by atoms with Gasteiger partial charge in [0.1, 0.15) is 11.3 Å². The molecule has 4 rings (SSSR count). The van der Waals surface area contributed by atoms with Crippen molar-refractivity contribution < 1.29 is 14.3 Å². The highest BCUT2D eigenvalue weighted by Crippen LogP contribution is 2.38. The lowest BCUT2D eigenvalue weighted by molar-refractivity contribution is -0.117. The fourth-order valence-corrected chi connectivity index (χ4v) is 3.52. The number of carbonyl (C=O) groups excluding carboxylic acids is 2. The van der Waals surface area contributed by atoms with Gasteiger partial charge in [-0.3, -0.25) is 15.1 Å². The topological polar surface area (TPSA) is 124 Å². The molecule has 0 radical (unpaired) electrons. The fourth-order valence-electron chi connectivity index (χ4n) is 3.25. The molecule has 10 nitrogen and oxygen atoms in total. The number of rotatable bonds is 6. The average molecular weight is 456 g/mol. The zero-order valence-electron chi connectivity index (χ0n) is 17.7. The second-order valence-corrected chi connectivity index (χ2v) is 8.07. The van der Waals surface area contributed by atoms with Crippen molar-refractivity contribution in [1.29, 1.82) is 0 Å². The summed E-state index contributed by atoms with van der Waals surface area (Å²) in [6.07, 6.45) is 2.70. The van der Waals surface area contributed by atoms with Crippen LogP contribution in [0.2, 0.25) is 5.15 Å². The standard InChI is InChI=1S/C21H22ClN7O3/c1-11-9-15(11)20(30)25-13-6-7-16(24-10-13)17-19(29(3)28-27-17)26-21(31)32-12(2)14-5-4-8-23-18(14)22/h4-8,10-12,15H,9H2,1-3H3,(H,25,30)(H,26,31)/t11-,12-,15-/m1/s1. The Balaban J connectivity index is 1.44. The smallest absolute Gasteiger partial charge is 0.413 e. The molecule has 32 heavy (non-hydrogen) atoms. The number of hydrogen-bond acceptors (Lipinski definition) is 7. The highest BCUT2D eigenvalue weighted by molar-refractivity contribution is 6.30. The van der Waals surface area contributed by atoms with E-state index in [1.807, 2.05) is 6.92 Å². The van der Waals surface area contributed by atoms with Crippen molar-refractivity contribution in [2.45, 2.75) is 26.4 Å². The lowest BCUT2D eigenvalue weighted by atomic mass is 10.2. The van der Waals surface area contributed by atoms with E-state index < -0.39 is 12.2 Å². The van der Waals surface area contributed by atoms with Gasteiger partial charge in [-0.2, -0.15) is 0 Å². The number of aromatic nitrogens is 5. The third kappa shape index (κ3) is 4.70. The minimum Gasteiger partial charge on any atom is -0.441 e. The molecule has 1 fully saturated rings. The largest absolute Gasteiger partial charge is 0.441 e. The third-order valence-electron chi connectivity index (χ3n) is 5.28. The van der Waals surface area contributed by atoms with Crippen LogP contribution in [0.15, 0.2) is 36.7 Å². The molecule has 0 saturated heterocycles. The molecule has 0 spiro atoms. The zero-order valence-corrected chi connectivity index (χ0v) is 18.5. The number of halogens is 1. The number of ether oxygens (including phenoxy) is 1. The molecule has 0 aromatic carbocycles. The van der Waals surface area contributed by atoms with Crippen molar-refractivity contribution in [3.05, 3.63) is 47.4 Å². The molecule has 1 aliphatic rings. The first kappa shape index (κ1) is 21.7. The molecule has 3 atom stereocenters. The summed E-state index contributed by atoms with van der Waals surface area (Å²) in [5, 5.41) is 13.8. The number of amides is 2. The summed E-state index contributed by atoms with van der Waals surface area (Å²) < 4.78 is 6.83. The molecule has 0 bridgehead atoms. The van der Waals surface area contributed by atoms with Gasteiger partial charge in [0.2, 0.25) is 5.91 Å². The maximum absolute atomic E-state index is 12.5. The number of nitrogens with one attached hydrogen (secondary N) is 2. The number of hydrogen-bond donors (Lipinski definition) is 2. The molecule has 166 valence electrons. The van der Waals surface area contributed by atoms with Crippen molar-refractivity contribution in [2.75, 3.05) is 10.6 Å². The Bertz CT molecular complexity index is 1150. The number of pyridine rings is 2. The highest BCUT2D eigenvalue weighted by atomic mass is 35.5. The summed E-state index contributed by atoms with van der Waals surface area (Å²) in [6.45, 7) is 3.74. The predicted molar refractivity (Wildman–Crippen MR) is 118 cm³/mol. The van der Waals surface area contributed by atoms with Crippen LogP contribution in [0.4, 0.5) is 16.3 Å². The summed E-state index contributed by atoms with van der Waals surface area (Å²) in [4.78, 5) is 32.9. The Kier molecular flexibility index (Phi) is 6.04. The zero-order chi connectivity index (χ0) is 22.8. The molecular formula is C21H22ClN7O3. The van der Waals surface area contributed by atoms with Gasteiger partial charge in [0.15, 0.2) is 11.5 Å². The molecule has 1 saturated carbocycles. The van der Waals surface area contributed by atoms with Crippen LogP contribution >= 0.6 is 11.6 Å². The summed E-state index contributed by atoms with van der Waals surface area (Å²) in [6, 6.07) is 6.88. The van der Waals surface area contributed by atoms with Gasteiger partial charge in [-0.15, -0.1) is 5.10 Å². The minimum absolute atomic E-state index is 0.000469. The molecule has 3 aromatic heterocycles. The molecule has 3 heterocycles. The maximum Gasteiger partial charge on any atom is 0.413 e. The first-order valence-electron chi connectivity index (χ1n) is 10.1. The first-order chi connectivity index (χ1) is 15.3. The van der Waals surface area contributed by atoms with Gasteiger partial charge in [-0.25, -0.2) is 14.5 Å². The summed E-state index contributed by atoms with van der Waals surface area (Å²) in [5.74, 6) is 0.808. The van der Waals surface area contributed by atoms with E-state index in [0.29, 0.717) is 34.4 Å². The molecule has 1 aliphatic carbocycles. The van der Waals surface area contributed by atoms with Crippen LogP contribution in [0.5, 0.6) is 0 Å². The maximum atomic E-state index is 12.5. The summed E-state index contributed by atoms with van der Waals surface area (Å²) >= 11 is 6.07. The van der Waals surface area contributed by atoms with E-state index in [9.17, 15) is 9.59 Å². The average Bonchev–Trinajstić information content (AvgIpc) is 3.40. The van der Waals surface area contributed by atoms with E-state index in [1.165, 1.54) is 4.68 Å². The van der Waals surface area contributed by atoms with Gasteiger partial charge in [0.05, 0.1) is 17.6 Å². The van der Waals surface area contributed by atoms with Gasteiger partial charge in [0, 0.05) is 24.7 Å². The van der Waals surface area contributed by atoms with Crippen molar-refractivity contribution in [3.8, 4) is 11.4 Å². The third-order valence-corrected chi connectivity index (χ3v) is 5.59. The number of aryl methyl sites for hydroxylation is 1. The molecule has 2 N–H and O–H groups in total. The van der Waals surface area contributed by atoms with Gasteiger partial charge in [-0.05, 0) is 37.5 Å². The Morgan fingerprint density at radius 1 is 1.25 bits per heavy atom. The highest BCUT2D eigenvalue weighted by Gasteiger charge is 2.39. The molecule has 11 heteroatoms. The van der Waals surface area contributed by atoms with E-state index in [0.717, 1.165) is 6.42 Å². The summed E-state index contributed by atoms with van der Waals surface area (Å²) in [5.41, 5.74) is 2.03. The molecular weight excluding hydrogens is 434 g/mol. The van der Waals surface area contributed by atoms with Crippen LogP contribution in [0.3, 0.4) is 0 Å². The van der Waals surface area contributed by atoms with Crippen LogP contribution in [0.1, 0.15) is 31.9 Å². The van der Waals surface area contributed by atoms with Crippen LogP contribution in [-0.2, 0) is 16.6 Å². The minimum atomic E-state index is -0.702. The number of carbonyl (C=O) groups is 2. The van der Waals surface area contributed by atoms with E-state index in [-0.39, 0.29) is 17.0 Å². The van der Waals surface area contributed by atoms with E-state index in [1.54, 1.807) is 50.6 Å². The first-order valence-corrected chi connectivity index (χ1v) is 10.5. The molecule has 0 unspecified atom stereocenters. The Hall–Kier alpha value is -3.53. The van der Waals surface area contributed by atoms with Crippen LogP contribution in [0, 0.1) is 11.8 Å². The Morgan fingerprint density at radius 2 is 2.03 bits per heavy atom. The van der Waals surface area contributed by atoms with Gasteiger partial charge in [-0.1, -0.05) is 29.8 Å². The van der Waals surface area contributed by atoms with Crippen LogP contribution in [0.25, 0.3) is 11.4 Å². The predicted octanol–water partition coefficient (Wildman–Crippen LogP) is 3.83. The monoisotopic (exact) mass is 455 g/mol. The van der Waals surface area contributed by atoms with Crippen molar-refractivity contribution in [3.63, 3.8) is 0 Å². The van der Waals surface area contributed by atoms with Crippen LogP contribution < -0.4 is 10.6 Å². The summed E-state index contributed by atoms with van der Waals surface area (Å²) in [7, 11) is 1.64. The molecule has 2 amide bonds. The second kappa shape index (κ2) is 8.91. The number of anilines is 2. The van der Waals surface area contributed by atoms with E-state index in [2.05, 4.69) is 30.9 Å². The van der Waals surface area contributed by atoms with Gasteiger partial charge >= 0.3 is 6.09 Å². The SMILES string of the molecule is C[C@@H]1C[C@H]1C(=O)Nc1ccc(-c2nnn(C)c2NC(=O)O[C@H](C)c2cccnc2Cl)nc1. The Morgan fingerprint density at radius 3 is 2.69 bits per heavy atom. The van der Waals surface area contributed by atoms with Crippen molar-refractivity contribution in [2.24, 2.45) is 18.9 Å². The van der Waals surface area contributed by atoms with E-state index in [4.69, 9.17) is 16.3 Å². The number of nitrogens with zero attached hydrogens (tertiary/aromatic N) is 5.